The smallest absolute Gasteiger partial charge is 0.358 e. The van der Waals surface area contributed by atoms with Crippen LogP contribution in [0.1, 0.15) is 53.5 Å². The molecule has 0 amide bonds. The van der Waals surface area contributed by atoms with Crippen LogP contribution in [-0.4, -0.2) is 22.5 Å². The van der Waals surface area contributed by atoms with Gasteiger partial charge < -0.3 is 9.47 Å². The average molecular weight is 418 g/mol. The van der Waals surface area contributed by atoms with Gasteiger partial charge in [0.1, 0.15) is 18.2 Å². The number of ether oxygens (including phenoxy) is 2. The van der Waals surface area contributed by atoms with Gasteiger partial charge in [0, 0.05) is 11.1 Å². The van der Waals surface area contributed by atoms with Crippen LogP contribution in [0.4, 0.5) is 4.39 Å². The summed E-state index contributed by atoms with van der Waals surface area (Å²) in [5, 5.41) is 0. The minimum Gasteiger partial charge on any atom is -0.488 e. The molecule has 0 radical (unpaired) electrons. The molecule has 1 heterocycles. The van der Waals surface area contributed by atoms with Gasteiger partial charge in [0.2, 0.25) is 0 Å². The van der Waals surface area contributed by atoms with Crippen molar-refractivity contribution in [3.8, 4) is 5.75 Å². The Balaban J connectivity index is 1.66. The Bertz CT molecular complexity index is 1130. The Kier molecular flexibility index (Phi) is 6.36. The number of nitrogens with zero attached hydrogens (tertiary/aromatic N) is 2. The summed E-state index contributed by atoms with van der Waals surface area (Å²) in [5.74, 6) is -0.0768. The fourth-order valence-electron chi connectivity index (χ4n) is 3.75. The van der Waals surface area contributed by atoms with E-state index in [0.717, 1.165) is 36.0 Å². The van der Waals surface area contributed by atoms with Crippen molar-refractivity contribution in [3.63, 3.8) is 0 Å². The van der Waals surface area contributed by atoms with E-state index >= 15 is 0 Å². The van der Waals surface area contributed by atoms with Gasteiger partial charge in [-0.25, -0.2) is 14.2 Å². The van der Waals surface area contributed by atoms with Gasteiger partial charge in [-0.3, -0.25) is 4.98 Å². The third-order valence-electron chi connectivity index (χ3n) is 5.20. The molecule has 4 rings (SSSR count). The van der Waals surface area contributed by atoms with Gasteiger partial charge in [-0.15, -0.1) is 0 Å². The zero-order valence-corrected chi connectivity index (χ0v) is 17.3. The number of hydrogen-bond acceptors (Lipinski definition) is 5. The molecule has 5 nitrogen and oxygen atoms in total. The summed E-state index contributed by atoms with van der Waals surface area (Å²) in [6.45, 7) is 2.18. The molecule has 1 aliphatic rings. The fourth-order valence-corrected chi connectivity index (χ4v) is 3.75. The molecule has 0 saturated carbocycles. The van der Waals surface area contributed by atoms with Crippen LogP contribution in [-0.2, 0) is 11.3 Å². The molecule has 0 saturated heterocycles. The van der Waals surface area contributed by atoms with Crippen molar-refractivity contribution in [1.29, 1.82) is 0 Å². The molecule has 0 aliphatic heterocycles. The van der Waals surface area contributed by atoms with Crippen LogP contribution in [0, 0.1) is 5.82 Å². The molecule has 6 heteroatoms. The number of halogens is 1. The largest absolute Gasteiger partial charge is 0.488 e. The number of allylic oxidation sites excluding steroid dienone is 2. The molecule has 0 N–H and O–H groups in total. The zero-order chi connectivity index (χ0) is 21.6. The summed E-state index contributed by atoms with van der Waals surface area (Å²) in [5.41, 5.74) is 4.48. The standard InChI is InChI=1S/C25H23FN2O3/c1-2-30-25(29)23-15-27-14-22(28-23)19-11-7-10-18(19)20-9-4-6-13-24(20)31-16-17-8-3-5-12-21(17)26/h3-6,8-9,12-15H,2,7,10-11,16H2,1H3. The number of carbonyl (C=O) groups excluding carboxylic acids is 1. The van der Waals surface area contributed by atoms with E-state index in [0.29, 0.717) is 17.0 Å². The second kappa shape index (κ2) is 9.51. The van der Waals surface area contributed by atoms with E-state index in [2.05, 4.69) is 9.97 Å². The molecule has 31 heavy (non-hydrogen) atoms. The number of hydrogen-bond donors (Lipinski definition) is 0. The molecule has 1 aliphatic carbocycles. The van der Waals surface area contributed by atoms with E-state index in [4.69, 9.17) is 9.47 Å². The minimum atomic E-state index is -0.481. The lowest BCUT2D eigenvalue weighted by Crippen LogP contribution is -2.09. The number of esters is 1. The molecule has 2 aromatic carbocycles. The van der Waals surface area contributed by atoms with Crippen molar-refractivity contribution in [2.75, 3.05) is 6.61 Å². The zero-order valence-electron chi connectivity index (χ0n) is 17.3. The molecule has 0 spiro atoms. The summed E-state index contributed by atoms with van der Waals surface area (Å²) in [4.78, 5) is 20.8. The topological polar surface area (TPSA) is 61.3 Å². The van der Waals surface area contributed by atoms with Gasteiger partial charge in [0.05, 0.1) is 24.7 Å². The van der Waals surface area contributed by atoms with Crippen LogP contribution >= 0.6 is 0 Å². The van der Waals surface area contributed by atoms with E-state index in [1.807, 2.05) is 24.3 Å². The molecule has 0 atom stereocenters. The van der Waals surface area contributed by atoms with Crippen LogP contribution in [0.5, 0.6) is 5.75 Å². The molecule has 0 fully saturated rings. The van der Waals surface area contributed by atoms with Gasteiger partial charge in [0.15, 0.2) is 5.69 Å². The van der Waals surface area contributed by atoms with E-state index in [1.165, 1.54) is 12.3 Å². The third-order valence-corrected chi connectivity index (χ3v) is 5.20. The first-order valence-corrected chi connectivity index (χ1v) is 10.3. The number of para-hydroxylation sites is 1. The quantitative estimate of drug-likeness (QED) is 0.477. The highest BCUT2D eigenvalue weighted by atomic mass is 19.1. The third kappa shape index (κ3) is 4.63. The lowest BCUT2D eigenvalue weighted by molar-refractivity contribution is 0.0519. The molecule has 3 aromatic rings. The summed E-state index contributed by atoms with van der Waals surface area (Å²) in [6, 6.07) is 14.3. The van der Waals surface area contributed by atoms with E-state index in [9.17, 15) is 9.18 Å². The molecule has 1 aromatic heterocycles. The molecular weight excluding hydrogens is 395 g/mol. The summed E-state index contributed by atoms with van der Waals surface area (Å²) >= 11 is 0. The Morgan fingerprint density at radius 3 is 2.65 bits per heavy atom. The highest BCUT2D eigenvalue weighted by molar-refractivity contribution is 5.94. The number of rotatable bonds is 7. The minimum absolute atomic E-state index is 0.143. The summed E-state index contributed by atoms with van der Waals surface area (Å²) < 4.78 is 25.1. The van der Waals surface area contributed by atoms with Gasteiger partial charge in [0.25, 0.3) is 0 Å². The molecule has 0 bridgehead atoms. The van der Waals surface area contributed by atoms with Crippen LogP contribution in [0.3, 0.4) is 0 Å². The Morgan fingerprint density at radius 1 is 1.03 bits per heavy atom. The maximum atomic E-state index is 14.0. The van der Waals surface area contributed by atoms with Crippen molar-refractivity contribution in [2.45, 2.75) is 32.8 Å². The number of benzene rings is 2. The van der Waals surface area contributed by atoms with Crippen LogP contribution in [0.2, 0.25) is 0 Å². The lowest BCUT2D eigenvalue weighted by Gasteiger charge is -2.14. The predicted molar refractivity (Wildman–Crippen MR) is 116 cm³/mol. The second-order valence-electron chi connectivity index (χ2n) is 7.20. The first-order chi connectivity index (χ1) is 15.2. The SMILES string of the molecule is CCOC(=O)c1cncc(C2=C(c3ccccc3OCc3ccccc3F)CCC2)n1. The van der Waals surface area contributed by atoms with E-state index in [-0.39, 0.29) is 24.7 Å². The highest BCUT2D eigenvalue weighted by Crippen LogP contribution is 2.42. The fraction of sp³-hybridized carbons (Fsp3) is 0.240. The monoisotopic (exact) mass is 418 g/mol. The molecule has 0 unspecified atom stereocenters. The van der Waals surface area contributed by atoms with Gasteiger partial charge in [-0.1, -0.05) is 36.4 Å². The number of carbonyl (C=O) groups is 1. The number of aromatic nitrogens is 2. The maximum Gasteiger partial charge on any atom is 0.358 e. The second-order valence-corrected chi connectivity index (χ2v) is 7.20. The van der Waals surface area contributed by atoms with E-state index < -0.39 is 5.97 Å². The average Bonchev–Trinajstić information content (AvgIpc) is 3.29. The Morgan fingerprint density at radius 2 is 1.81 bits per heavy atom. The predicted octanol–water partition coefficient (Wildman–Crippen LogP) is 5.47. The normalized spacial score (nSPS) is 13.4. The summed E-state index contributed by atoms with van der Waals surface area (Å²) in [6.07, 6.45) is 5.75. The molecular formula is C25H23FN2O3. The van der Waals surface area contributed by atoms with Gasteiger partial charge in [-0.05, 0) is 49.5 Å². The first-order valence-electron chi connectivity index (χ1n) is 10.3. The van der Waals surface area contributed by atoms with Crippen molar-refractivity contribution in [1.82, 2.24) is 9.97 Å². The first kappa shape index (κ1) is 20.7. The van der Waals surface area contributed by atoms with Crippen molar-refractivity contribution in [2.24, 2.45) is 0 Å². The lowest BCUT2D eigenvalue weighted by atomic mass is 9.99. The summed E-state index contributed by atoms with van der Waals surface area (Å²) in [7, 11) is 0. The van der Waals surface area contributed by atoms with Gasteiger partial charge >= 0.3 is 5.97 Å². The van der Waals surface area contributed by atoms with Crippen LogP contribution in [0.25, 0.3) is 11.1 Å². The van der Waals surface area contributed by atoms with Crippen LogP contribution in [0.15, 0.2) is 60.9 Å². The molecule has 158 valence electrons. The Labute approximate surface area is 180 Å². The van der Waals surface area contributed by atoms with Crippen molar-refractivity contribution < 1.29 is 18.7 Å². The van der Waals surface area contributed by atoms with Crippen molar-refractivity contribution >= 4 is 17.1 Å². The van der Waals surface area contributed by atoms with Crippen LogP contribution < -0.4 is 4.74 Å². The Hall–Kier alpha value is -3.54. The maximum absolute atomic E-state index is 14.0. The highest BCUT2D eigenvalue weighted by Gasteiger charge is 2.22. The van der Waals surface area contributed by atoms with E-state index in [1.54, 1.807) is 31.3 Å². The van der Waals surface area contributed by atoms with Gasteiger partial charge in [-0.2, -0.15) is 0 Å². The van der Waals surface area contributed by atoms with Crippen molar-refractivity contribution in [3.05, 3.63) is 89.3 Å².